The van der Waals surface area contributed by atoms with Gasteiger partial charge in [-0.1, -0.05) is 36.8 Å². The van der Waals surface area contributed by atoms with Gasteiger partial charge < -0.3 is 9.47 Å². The number of benzene rings is 1. The van der Waals surface area contributed by atoms with Gasteiger partial charge in [-0.2, -0.15) is 0 Å². The van der Waals surface area contributed by atoms with Gasteiger partial charge in [0, 0.05) is 13.0 Å². The van der Waals surface area contributed by atoms with Gasteiger partial charge in [-0.05, 0) is 31.7 Å². The summed E-state index contributed by atoms with van der Waals surface area (Å²) in [7, 11) is 0. The molecule has 120 valence electrons. The molecule has 1 atom stereocenters. The zero-order valence-electron chi connectivity index (χ0n) is 13.2. The number of ether oxygens (including phenoxy) is 2. The monoisotopic (exact) mass is 304 g/mol. The van der Waals surface area contributed by atoms with Crippen LogP contribution in [0.4, 0.5) is 0 Å². The fraction of sp³-hybridized carbons (Fsp3) is 0.556. The lowest BCUT2D eigenvalue weighted by molar-refractivity contribution is -0.164. The Morgan fingerprint density at radius 1 is 1.23 bits per heavy atom. The van der Waals surface area contributed by atoms with Crippen molar-refractivity contribution >= 4 is 11.8 Å². The summed E-state index contributed by atoms with van der Waals surface area (Å²) in [5.41, 5.74) is 0.105. The maximum atomic E-state index is 12.3. The normalized spacial score (nSPS) is 21.6. The van der Waals surface area contributed by atoms with E-state index in [1.54, 1.807) is 6.92 Å². The Bertz CT molecular complexity index is 497. The van der Waals surface area contributed by atoms with E-state index in [2.05, 4.69) is 0 Å². The van der Waals surface area contributed by atoms with Gasteiger partial charge in [-0.3, -0.25) is 9.59 Å². The number of rotatable bonds is 7. The van der Waals surface area contributed by atoms with Crippen molar-refractivity contribution in [2.24, 2.45) is 5.41 Å². The minimum atomic E-state index is -0.981. The van der Waals surface area contributed by atoms with Crippen LogP contribution in [0.1, 0.15) is 44.6 Å². The first-order valence-corrected chi connectivity index (χ1v) is 8.01. The molecular formula is C18H24O4. The number of esters is 1. The predicted molar refractivity (Wildman–Crippen MR) is 83.3 cm³/mol. The van der Waals surface area contributed by atoms with Gasteiger partial charge in [-0.15, -0.1) is 0 Å². The fourth-order valence-electron chi connectivity index (χ4n) is 2.95. The van der Waals surface area contributed by atoms with E-state index < -0.39 is 5.41 Å². The van der Waals surface area contributed by atoms with E-state index >= 15 is 0 Å². The second-order valence-electron chi connectivity index (χ2n) is 5.72. The molecule has 4 nitrogen and oxygen atoms in total. The first-order chi connectivity index (χ1) is 10.7. The number of Topliss-reactive ketones (excluding diaryl/α,β-unsaturated/α-hetero) is 1. The highest BCUT2D eigenvalue weighted by atomic mass is 16.5. The minimum absolute atomic E-state index is 0.0144. The Morgan fingerprint density at radius 2 is 2.00 bits per heavy atom. The molecule has 0 spiro atoms. The van der Waals surface area contributed by atoms with Crippen molar-refractivity contribution in [2.75, 3.05) is 13.2 Å². The van der Waals surface area contributed by atoms with Gasteiger partial charge in [0.25, 0.3) is 0 Å². The van der Waals surface area contributed by atoms with Crippen LogP contribution < -0.4 is 0 Å². The first kappa shape index (κ1) is 16.7. The second kappa shape index (κ2) is 8.08. The number of carbonyl (C=O) groups excluding carboxylic acids is 2. The van der Waals surface area contributed by atoms with Gasteiger partial charge in [0.1, 0.15) is 11.2 Å². The Balaban J connectivity index is 1.92. The molecule has 0 radical (unpaired) electrons. The molecule has 0 saturated heterocycles. The standard InChI is InChI=1S/C18H24O4/c1-2-22-17(20)18(11-7-6-10-16(18)19)12-13-21-14-15-8-4-3-5-9-15/h3-5,8-9H,2,6-7,10-14H2,1H3. The van der Waals surface area contributed by atoms with Crippen molar-refractivity contribution in [3.05, 3.63) is 35.9 Å². The molecule has 1 aliphatic rings. The smallest absolute Gasteiger partial charge is 0.319 e. The maximum absolute atomic E-state index is 12.3. The topological polar surface area (TPSA) is 52.6 Å². The van der Waals surface area contributed by atoms with Crippen LogP contribution in [0, 0.1) is 5.41 Å². The van der Waals surface area contributed by atoms with Crippen molar-refractivity contribution in [3.63, 3.8) is 0 Å². The lowest BCUT2D eigenvalue weighted by atomic mass is 9.71. The molecular weight excluding hydrogens is 280 g/mol. The summed E-state index contributed by atoms with van der Waals surface area (Å²) in [5, 5.41) is 0. The second-order valence-corrected chi connectivity index (χ2v) is 5.72. The first-order valence-electron chi connectivity index (χ1n) is 8.01. The van der Waals surface area contributed by atoms with Gasteiger partial charge in [0.2, 0.25) is 0 Å². The van der Waals surface area contributed by atoms with Crippen LogP contribution in [0.15, 0.2) is 30.3 Å². The molecule has 1 aliphatic carbocycles. The molecule has 1 aromatic rings. The van der Waals surface area contributed by atoms with E-state index in [0.717, 1.165) is 18.4 Å². The van der Waals surface area contributed by atoms with Gasteiger partial charge in [0.15, 0.2) is 0 Å². The molecule has 0 aromatic heterocycles. The van der Waals surface area contributed by atoms with Crippen LogP contribution >= 0.6 is 0 Å². The molecule has 1 saturated carbocycles. The largest absolute Gasteiger partial charge is 0.465 e. The van der Waals surface area contributed by atoms with E-state index in [9.17, 15) is 9.59 Å². The average Bonchev–Trinajstić information content (AvgIpc) is 2.54. The van der Waals surface area contributed by atoms with Crippen LogP contribution in [0.5, 0.6) is 0 Å². The molecule has 0 bridgehead atoms. The van der Waals surface area contributed by atoms with Gasteiger partial charge in [0.05, 0.1) is 13.2 Å². The highest BCUT2D eigenvalue weighted by Crippen LogP contribution is 2.37. The lowest BCUT2D eigenvalue weighted by Gasteiger charge is -2.33. The molecule has 0 N–H and O–H groups in total. The summed E-state index contributed by atoms with van der Waals surface area (Å²) in [5.74, 6) is -0.358. The lowest BCUT2D eigenvalue weighted by Crippen LogP contribution is -2.43. The van der Waals surface area contributed by atoms with Crippen LogP contribution in [0.2, 0.25) is 0 Å². The highest BCUT2D eigenvalue weighted by Gasteiger charge is 2.47. The number of carbonyl (C=O) groups is 2. The summed E-state index contributed by atoms with van der Waals surface area (Å²) < 4.78 is 10.8. The highest BCUT2D eigenvalue weighted by molar-refractivity contribution is 6.04. The maximum Gasteiger partial charge on any atom is 0.319 e. The van der Waals surface area contributed by atoms with Crippen LogP contribution in [-0.2, 0) is 25.7 Å². The molecule has 2 rings (SSSR count). The van der Waals surface area contributed by atoms with E-state index in [0.29, 0.717) is 39.1 Å². The predicted octanol–water partition coefficient (Wildman–Crippen LogP) is 3.29. The summed E-state index contributed by atoms with van der Waals surface area (Å²) >= 11 is 0. The number of hydrogen-bond donors (Lipinski definition) is 0. The zero-order chi connectivity index (χ0) is 15.8. The zero-order valence-corrected chi connectivity index (χ0v) is 13.2. The third-order valence-electron chi connectivity index (χ3n) is 4.24. The van der Waals surface area contributed by atoms with Crippen LogP contribution in [0.3, 0.4) is 0 Å². The molecule has 1 fully saturated rings. The number of hydrogen-bond acceptors (Lipinski definition) is 4. The quantitative estimate of drug-likeness (QED) is 0.441. The number of ketones is 1. The van der Waals surface area contributed by atoms with Crippen LogP contribution in [-0.4, -0.2) is 25.0 Å². The Labute approximate surface area is 131 Å². The molecule has 0 heterocycles. The summed E-state index contributed by atoms with van der Waals surface area (Å²) in [6.07, 6.45) is 3.22. The van der Waals surface area contributed by atoms with E-state index in [1.807, 2.05) is 30.3 Å². The van der Waals surface area contributed by atoms with Crippen molar-refractivity contribution in [1.82, 2.24) is 0 Å². The molecule has 0 amide bonds. The van der Waals surface area contributed by atoms with Crippen molar-refractivity contribution in [2.45, 2.75) is 45.6 Å². The van der Waals surface area contributed by atoms with Crippen molar-refractivity contribution < 1.29 is 19.1 Å². The van der Waals surface area contributed by atoms with E-state index in [1.165, 1.54) is 0 Å². The fourth-order valence-corrected chi connectivity index (χ4v) is 2.95. The summed E-state index contributed by atoms with van der Waals surface area (Å²) in [6.45, 7) is 2.96. The Morgan fingerprint density at radius 3 is 2.68 bits per heavy atom. The SMILES string of the molecule is CCOC(=O)C1(CCOCc2ccccc2)CCCCC1=O. The van der Waals surface area contributed by atoms with Crippen molar-refractivity contribution in [1.29, 1.82) is 0 Å². The van der Waals surface area contributed by atoms with Gasteiger partial charge >= 0.3 is 5.97 Å². The third-order valence-corrected chi connectivity index (χ3v) is 4.24. The molecule has 1 unspecified atom stereocenters. The van der Waals surface area contributed by atoms with E-state index in [-0.39, 0.29) is 11.8 Å². The molecule has 0 aliphatic heterocycles. The minimum Gasteiger partial charge on any atom is -0.465 e. The van der Waals surface area contributed by atoms with Gasteiger partial charge in [-0.25, -0.2) is 0 Å². The average molecular weight is 304 g/mol. The Kier molecular flexibility index (Phi) is 6.13. The van der Waals surface area contributed by atoms with E-state index in [4.69, 9.17) is 9.47 Å². The summed E-state index contributed by atoms with van der Waals surface area (Å²) in [4.78, 5) is 24.6. The van der Waals surface area contributed by atoms with Crippen LogP contribution in [0.25, 0.3) is 0 Å². The molecule has 1 aromatic carbocycles. The van der Waals surface area contributed by atoms with Crippen molar-refractivity contribution in [3.8, 4) is 0 Å². The Hall–Kier alpha value is -1.68. The third kappa shape index (κ3) is 3.95. The summed E-state index contributed by atoms with van der Waals surface area (Å²) in [6, 6.07) is 9.87. The molecule has 22 heavy (non-hydrogen) atoms. The molecule has 4 heteroatoms.